The number of thioether (sulfide) groups is 1. The molecule has 1 aromatic heterocycles. The second-order valence-electron chi connectivity index (χ2n) is 4.26. The second-order valence-corrected chi connectivity index (χ2v) is 5.90. The summed E-state index contributed by atoms with van der Waals surface area (Å²) >= 11 is 1.26. The van der Waals surface area contributed by atoms with Crippen molar-refractivity contribution < 1.29 is 9.90 Å². The van der Waals surface area contributed by atoms with E-state index in [2.05, 4.69) is 4.98 Å². The van der Waals surface area contributed by atoms with E-state index in [0.717, 1.165) is 15.9 Å². The number of aliphatic carboxylic acids is 1. The van der Waals surface area contributed by atoms with Gasteiger partial charge >= 0.3 is 5.97 Å². The zero-order valence-electron chi connectivity index (χ0n) is 9.68. The van der Waals surface area contributed by atoms with E-state index in [9.17, 15) is 4.79 Å². The van der Waals surface area contributed by atoms with Crippen molar-refractivity contribution >= 4 is 28.6 Å². The van der Waals surface area contributed by atoms with Crippen LogP contribution in [0.5, 0.6) is 0 Å². The van der Waals surface area contributed by atoms with E-state index >= 15 is 0 Å². The zero-order valence-corrected chi connectivity index (χ0v) is 10.5. The fourth-order valence-electron chi connectivity index (χ4n) is 1.41. The standard InChI is InChI=1S/C13H13NO2S/c1-13(2,12(15)16)17-11-8-7-9-5-3-4-6-10(9)14-11/h3-8H,1-2H3,(H,15,16). The van der Waals surface area contributed by atoms with Gasteiger partial charge < -0.3 is 5.11 Å². The van der Waals surface area contributed by atoms with E-state index in [1.165, 1.54) is 11.8 Å². The molecular formula is C13H13NO2S. The summed E-state index contributed by atoms with van der Waals surface area (Å²) < 4.78 is -0.866. The van der Waals surface area contributed by atoms with Crippen molar-refractivity contribution in [3.8, 4) is 0 Å². The smallest absolute Gasteiger partial charge is 0.319 e. The number of fused-ring (bicyclic) bond motifs is 1. The Morgan fingerprint density at radius 2 is 1.94 bits per heavy atom. The molecule has 0 radical (unpaired) electrons. The van der Waals surface area contributed by atoms with Gasteiger partial charge in [-0.3, -0.25) is 4.79 Å². The predicted octanol–water partition coefficient (Wildman–Crippen LogP) is 3.19. The SMILES string of the molecule is CC(C)(Sc1ccc2ccccc2n1)C(=O)O. The van der Waals surface area contributed by atoms with Crippen LogP contribution >= 0.6 is 11.8 Å². The topological polar surface area (TPSA) is 50.2 Å². The zero-order chi connectivity index (χ0) is 12.5. The highest BCUT2D eigenvalue weighted by Gasteiger charge is 2.29. The molecule has 3 nitrogen and oxygen atoms in total. The molecule has 0 bridgehead atoms. The lowest BCUT2D eigenvalue weighted by molar-refractivity contribution is -0.138. The van der Waals surface area contributed by atoms with Crippen LogP contribution in [0, 0.1) is 0 Å². The van der Waals surface area contributed by atoms with Crippen molar-refractivity contribution in [3.05, 3.63) is 36.4 Å². The minimum atomic E-state index is -0.866. The molecule has 1 aromatic carbocycles. The number of benzene rings is 1. The molecule has 2 aromatic rings. The van der Waals surface area contributed by atoms with E-state index in [0.29, 0.717) is 0 Å². The van der Waals surface area contributed by atoms with Gasteiger partial charge in [-0.1, -0.05) is 36.0 Å². The number of nitrogens with zero attached hydrogens (tertiary/aromatic N) is 1. The van der Waals surface area contributed by atoms with Crippen LogP contribution in [-0.2, 0) is 4.79 Å². The summed E-state index contributed by atoms with van der Waals surface area (Å²) in [6.45, 7) is 3.35. The summed E-state index contributed by atoms with van der Waals surface area (Å²) in [6, 6.07) is 11.6. The van der Waals surface area contributed by atoms with E-state index < -0.39 is 10.7 Å². The fraction of sp³-hybridized carbons (Fsp3) is 0.231. The third kappa shape index (κ3) is 2.58. The minimum absolute atomic E-state index is 0.733. The van der Waals surface area contributed by atoms with Gasteiger partial charge in [0.25, 0.3) is 0 Å². The third-order valence-corrected chi connectivity index (χ3v) is 3.57. The van der Waals surface area contributed by atoms with Crippen LogP contribution in [0.4, 0.5) is 0 Å². The summed E-state index contributed by atoms with van der Waals surface area (Å²) in [7, 11) is 0. The lowest BCUT2D eigenvalue weighted by Gasteiger charge is -2.17. The summed E-state index contributed by atoms with van der Waals surface area (Å²) in [6.07, 6.45) is 0. The molecule has 1 heterocycles. The molecule has 0 unspecified atom stereocenters. The highest BCUT2D eigenvalue weighted by molar-refractivity contribution is 8.01. The number of carboxylic acid groups (broad SMARTS) is 1. The largest absolute Gasteiger partial charge is 0.480 e. The maximum atomic E-state index is 11.0. The molecule has 4 heteroatoms. The molecular weight excluding hydrogens is 234 g/mol. The maximum Gasteiger partial charge on any atom is 0.319 e. The number of para-hydroxylation sites is 1. The first-order chi connectivity index (χ1) is 7.99. The van der Waals surface area contributed by atoms with Crippen LogP contribution in [-0.4, -0.2) is 20.8 Å². The van der Waals surface area contributed by atoms with Crippen molar-refractivity contribution in [3.63, 3.8) is 0 Å². The van der Waals surface area contributed by atoms with Crippen LogP contribution < -0.4 is 0 Å². The van der Waals surface area contributed by atoms with Gasteiger partial charge in [-0.2, -0.15) is 0 Å². The maximum absolute atomic E-state index is 11.0. The van der Waals surface area contributed by atoms with Gasteiger partial charge in [0.2, 0.25) is 0 Å². The van der Waals surface area contributed by atoms with Crippen LogP contribution in [0.1, 0.15) is 13.8 Å². The Hall–Kier alpha value is -1.55. The van der Waals surface area contributed by atoms with Gasteiger partial charge in [-0.05, 0) is 26.0 Å². The number of aromatic nitrogens is 1. The highest BCUT2D eigenvalue weighted by atomic mass is 32.2. The first-order valence-corrected chi connectivity index (χ1v) is 6.09. The van der Waals surface area contributed by atoms with Crippen LogP contribution in [0.3, 0.4) is 0 Å². The van der Waals surface area contributed by atoms with E-state index in [1.54, 1.807) is 13.8 Å². The summed E-state index contributed by atoms with van der Waals surface area (Å²) in [4.78, 5) is 15.5. The van der Waals surface area contributed by atoms with E-state index in [4.69, 9.17) is 5.11 Å². The van der Waals surface area contributed by atoms with Gasteiger partial charge in [0, 0.05) is 5.39 Å². The van der Waals surface area contributed by atoms with Gasteiger partial charge in [0.15, 0.2) is 0 Å². The Balaban J connectivity index is 2.34. The Morgan fingerprint density at radius 1 is 1.24 bits per heavy atom. The van der Waals surface area contributed by atoms with E-state index in [-0.39, 0.29) is 0 Å². The summed E-state index contributed by atoms with van der Waals surface area (Å²) in [5, 5.41) is 10.9. The number of rotatable bonds is 3. The summed E-state index contributed by atoms with van der Waals surface area (Å²) in [5.74, 6) is -0.836. The first-order valence-electron chi connectivity index (χ1n) is 5.27. The van der Waals surface area contributed by atoms with Crippen LogP contribution in [0.25, 0.3) is 10.9 Å². The van der Waals surface area contributed by atoms with E-state index in [1.807, 2.05) is 36.4 Å². The Bertz CT molecular complexity index is 566. The Labute approximate surface area is 104 Å². The fourth-order valence-corrected chi connectivity index (χ4v) is 2.30. The molecule has 0 saturated heterocycles. The number of hydrogen-bond donors (Lipinski definition) is 1. The minimum Gasteiger partial charge on any atom is -0.480 e. The molecule has 1 N–H and O–H groups in total. The summed E-state index contributed by atoms with van der Waals surface area (Å²) in [5.41, 5.74) is 0.888. The third-order valence-electron chi connectivity index (χ3n) is 2.45. The van der Waals surface area contributed by atoms with Gasteiger partial charge in [0.1, 0.15) is 4.75 Å². The van der Waals surface area contributed by atoms with Gasteiger partial charge in [-0.25, -0.2) is 4.98 Å². The van der Waals surface area contributed by atoms with Crippen LogP contribution in [0.2, 0.25) is 0 Å². The molecule has 88 valence electrons. The lowest BCUT2D eigenvalue weighted by atomic mass is 10.2. The predicted molar refractivity (Wildman–Crippen MR) is 69.3 cm³/mol. The number of hydrogen-bond acceptors (Lipinski definition) is 3. The van der Waals surface area contributed by atoms with Gasteiger partial charge in [-0.15, -0.1) is 0 Å². The molecule has 0 fully saturated rings. The number of carboxylic acids is 1. The average Bonchev–Trinajstić information content (AvgIpc) is 2.28. The number of carbonyl (C=O) groups is 1. The molecule has 0 aliphatic carbocycles. The molecule has 0 spiro atoms. The van der Waals surface area contributed by atoms with Crippen molar-refractivity contribution in [2.45, 2.75) is 23.6 Å². The molecule has 0 aliphatic heterocycles. The second kappa shape index (κ2) is 4.37. The van der Waals surface area contributed by atoms with Crippen molar-refractivity contribution in [2.75, 3.05) is 0 Å². The molecule has 0 amide bonds. The Kier molecular flexibility index (Phi) is 3.07. The molecule has 0 aliphatic rings. The molecule has 0 atom stereocenters. The van der Waals surface area contributed by atoms with Crippen LogP contribution in [0.15, 0.2) is 41.4 Å². The van der Waals surface area contributed by atoms with Crippen molar-refractivity contribution in [2.24, 2.45) is 0 Å². The molecule has 0 saturated carbocycles. The molecule has 17 heavy (non-hydrogen) atoms. The first kappa shape index (κ1) is 11.9. The monoisotopic (exact) mass is 247 g/mol. The lowest BCUT2D eigenvalue weighted by Crippen LogP contribution is -2.27. The quantitative estimate of drug-likeness (QED) is 0.846. The van der Waals surface area contributed by atoms with Gasteiger partial charge in [0.05, 0.1) is 10.5 Å². The average molecular weight is 247 g/mol. The Morgan fingerprint density at radius 3 is 2.65 bits per heavy atom. The number of pyridine rings is 1. The molecule has 2 rings (SSSR count). The van der Waals surface area contributed by atoms with Crippen molar-refractivity contribution in [1.29, 1.82) is 0 Å². The highest BCUT2D eigenvalue weighted by Crippen LogP contribution is 2.32. The van der Waals surface area contributed by atoms with Crippen molar-refractivity contribution in [1.82, 2.24) is 4.98 Å². The normalized spacial score (nSPS) is 11.6.